The molecule has 2 aromatic carbocycles. The van der Waals surface area contributed by atoms with Crippen molar-refractivity contribution in [1.29, 1.82) is 0 Å². The first-order valence-corrected chi connectivity index (χ1v) is 9.93. The van der Waals surface area contributed by atoms with Crippen molar-refractivity contribution in [2.75, 3.05) is 6.61 Å². The highest BCUT2D eigenvalue weighted by Crippen LogP contribution is 2.12. The third-order valence-electron chi connectivity index (χ3n) is 4.91. The molecule has 0 aliphatic heterocycles. The number of aryl methyl sites for hydroxylation is 1. The van der Waals surface area contributed by atoms with Crippen LogP contribution in [0, 0.1) is 5.82 Å². The molecule has 0 fully saturated rings. The lowest BCUT2D eigenvalue weighted by Crippen LogP contribution is -2.27. The van der Waals surface area contributed by atoms with E-state index < -0.39 is 0 Å². The van der Waals surface area contributed by atoms with Crippen LogP contribution >= 0.6 is 0 Å². The maximum absolute atomic E-state index is 13.2. The topological polar surface area (TPSA) is 70.5 Å². The Balaban J connectivity index is 1.82. The lowest BCUT2D eigenvalue weighted by molar-refractivity contribution is 0.0748. The second-order valence-corrected chi connectivity index (χ2v) is 7.45. The molecule has 0 aliphatic carbocycles. The normalized spacial score (nSPS) is 11.7. The van der Waals surface area contributed by atoms with Crippen LogP contribution < -0.4 is 11.2 Å². The van der Waals surface area contributed by atoms with Gasteiger partial charge in [0.25, 0.3) is 5.56 Å². The summed E-state index contributed by atoms with van der Waals surface area (Å²) in [6.45, 7) is 4.98. The average Bonchev–Trinajstić information content (AvgIpc) is 3.05. The summed E-state index contributed by atoms with van der Waals surface area (Å²) < 4.78 is 23.1. The van der Waals surface area contributed by atoms with Crippen LogP contribution in [0.2, 0.25) is 0 Å². The van der Waals surface area contributed by atoms with Crippen molar-refractivity contribution in [1.82, 2.24) is 18.7 Å². The van der Waals surface area contributed by atoms with Gasteiger partial charge in [-0.1, -0.05) is 24.3 Å². The zero-order valence-electron chi connectivity index (χ0n) is 16.9. The van der Waals surface area contributed by atoms with Crippen LogP contribution in [0.3, 0.4) is 0 Å². The summed E-state index contributed by atoms with van der Waals surface area (Å²) in [6.07, 6.45) is 0.723. The Labute approximate surface area is 171 Å². The van der Waals surface area contributed by atoms with Crippen LogP contribution in [0.15, 0.2) is 58.1 Å². The Kier molecular flexibility index (Phi) is 5.50. The predicted molar refractivity (Wildman–Crippen MR) is 112 cm³/mol. The van der Waals surface area contributed by atoms with Crippen molar-refractivity contribution in [2.45, 2.75) is 39.5 Å². The lowest BCUT2D eigenvalue weighted by Gasteiger charge is -2.11. The van der Waals surface area contributed by atoms with Gasteiger partial charge in [0, 0.05) is 13.2 Å². The van der Waals surface area contributed by atoms with Crippen LogP contribution in [0.4, 0.5) is 4.39 Å². The number of hydrogen-bond donors (Lipinski definition) is 0. The number of halogens is 1. The van der Waals surface area contributed by atoms with Gasteiger partial charge in [-0.05, 0) is 50.1 Å². The lowest BCUT2D eigenvalue weighted by atomic mass is 10.2. The number of nitrogens with zero attached hydrogens (tertiary/aromatic N) is 4. The molecule has 4 rings (SSSR count). The Morgan fingerprint density at radius 1 is 1.07 bits per heavy atom. The molecule has 0 spiro atoms. The second kappa shape index (κ2) is 8.23. The minimum atomic E-state index is -0.349. The maximum atomic E-state index is 13.2. The van der Waals surface area contributed by atoms with Crippen LogP contribution in [0.5, 0.6) is 0 Å². The molecule has 2 aromatic heterocycles. The van der Waals surface area contributed by atoms with Crippen molar-refractivity contribution in [3.8, 4) is 0 Å². The molecule has 4 aromatic rings. The van der Waals surface area contributed by atoms with E-state index in [0.717, 1.165) is 5.56 Å². The first kappa shape index (κ1) is 20.0. The van der Waals surface area contributed by atoms with Crippen molar-refractivity contribution in [3.63, 3.8) is 0 Å². The molecule has 0 radical (unpaired) electrons. The Morgan fingerprint density at radius 2 is 1.80 bits per heavy atom. The largest absolute Gasteiger partial charge is 0.379 e. The van der Waals surface area contributed by atoms with Gasteiger partial charge in [0.1, 0.15) is 5.82 Å². The number of ether oxygens (including phenoxy) is 1. The van der Waals surface area contributed by atoms with Gasteiger partial charge >= 0.3 is 5.69 Å². The van der Waals surface area contributed by atoms with Crippen molar-refractivity contribution >= 4 is 16.7 Å². The molecule has 0 aliphatic rings. The van der Waals surface area contributed by atoms with Gasteiger partial charge in [0.15, 0.2) is 0 Å². The molecule has 156 valence electrons. The van der Waals surface area contributed by atoms with E-state index in [0.29, 0.717) is 30.5 Å². The summed E-state index contributed by atoms with van der Waals surface area (Å²) in [6, 6.07) is 12.9. The van der Waals surface area contributed by atoms with Crippen LogP contribution in [-0.2, 0) is 17.8 Å². The minimum Gasteiger partial charge on any atom is -0.379 e. The Morgan fingerprint density at radius 3 is 2.53 bits per heavy atom. The highest BCUT2D eigenvalue weighted by atomic mass is 19.1. The van der Waals surface area contributed by atoms with Gasteiger partial charge in [-0.25, -0.2) is 18.3 Å². The number of rotatable bonds is 7. The molecule has 8 heteroatoms. The standard InChI is InChI=1S/C22H23FN4O3/c1-15(2)30-13-5-12-25-20(28)18-6-3-4-7-19(18)27-21(25)24-26(22(27)29)14-16-8-10-17(23)11-9-16/h3-4,6-11,15H,5,12-14H2,1-2H3. The van der Waals surface area contributed by atoms with E-state index >= 15 is 0 Å². The van der Waals surface area contributed by atoms with Crippen LogP contribution in [0.25, 0.3) is 16.7 Å². The summed E-state index contributed by atoms with van der Waals surface area (Å²) in [4.78, 5) is 26.2. The number of benzene rings is 2. The highest BCUT2D eigenvalue weighted by Gasteiger charge is 2.17. The van der Waals surface area contributed by atoms with E-state index in [9.17, 15) is 14.0 Å². The summed E-state index contributed by atoms with van der Waals surface area (Å²) in [7, 11) is 0. The summed E-state index contributed by atoms with van der Waals surface area (Å²) >= 11 is 0. The molecular formula is C22H23FN4O3. The quantitative estimate of drug-likeness (QED) is 0.439. The van der Waals surface area contributed by atoms with Gasteiger partial charge in [0.05, 0.1) is 23.6 Å². The third kappa shape index (κ3) is 3.78. The van der Waals surface area contributed by atoms with Gasteiger partial charge < -0.3 is 4.74 Å². The minimum absolute atomic E-state index is 0.107. The molecule has 30 heavy (non-hydrogen) atoms. The molecule has 0 saturated heterocycles. The van der Waals surface area contributed by atoms with Crippen molar-refractivity contribution in [3.05, 3.63) is 80.7 Å². The SMILES string of the molecule is CC(C)OCCCn1c(=O)c2ccccc2n2c(=O)n(Cc3ccc(F)cc3)nc12. The van der Waals surface area contributed by atoms with E-state index in [1.54, 1.807) is 36.4 Å². The maximum Gasteiger partial charge on any atom is 0.352 e. The predicted octanol–water partition coefficient (Wildman–Crippen LogP) is 2.81. The Hall–Kier alpha value is -3.26. The Bertz CT molecular complexity index is 1300. The highest BCUT2D eigenvalue weighted by molar-refractivity contribution is 5.79. The van der Waals surface area contributed by atoms with Gasteiger partial charge in [-0.3, -0.25) is 9.36 Å². The van der Waals surface area contributed by atoms with E-state index in [1.165, 1.54) is 25.8 Å². The van der Waals surface area contributed by atoms with E-state index in [4.69, 9.17) is 4.74 Å². The molecular weight excluding hydrogens is 387 g/mol. The first-order chi connectivity index (χ1) is 14.5. The second-order valence-electron chi connectivity index (χ2n) is 7.45. The molecule has 0 bridgehead atoms. The van der Waals surface area contributed by atoms with Gasteiger partial charge in [0.2, 0.25) is 5.78 Å². The molecule has 0 N–H and O–H groups in total. The first-order valence-electron chi connectivity index (χ1n) is 9.93. The van der Waals surface area contributed by atoms with E-state index in [1.807, 2.05) is 13.8 Å². The molecule has 0 saturated carbocycles. The van der Waals surface area contributed by atoms with Crippen molar-refractivity contribution < 1.29 is 9.13 Å². The van der Waals surface area contributed by atoms with E-state index in [-0.39, 0.29) is 35.5 Å². The molecule has 7 nitrogen and oxygen atoms in total. The van der Waals surface area contributed by atoms with Gasteiger partial charge in [-0.2, -0.15) is 0 Å². The average molecular weight is 410 g/mol. The monoisotopic (exact) mass is 410 g/mol. The zero-order valence-corrected chi connectivity index (χ0v) is 16.9. The summed E-state index contributed by atoms with van der Waals surface area (Å²) in [5.74, 6) is -0.0556. The molecule has 0 atom stereocenters. The smallest absolute Gasteiger partial charge is 0.352 e. The fourth-order valence-corrected chi connectivity index (χ4v) is 3.48. The zero-order chi connectivity index (χ0) is 21.3. The number of hydrogen-bond acceptors (Lipinski definition) is 4. The summed E-state index contributed by atoms with van der Waals surface area (Å²) in [5.41, 5.74) is 0.715. The van der Waals surface area contributed by atoms with E-state index in [2.05, 4.69) is 5.10 Å². The van der Waals surface area contributed by atoms with Crippen molar-refractivity contribution in [2.24, 2.45) is 0 Å². The fraction of sp³-hybridized carbons (Fsp3) is 0.318. The number of para-hydroxylation sites is 1. The molecule has 0 amide bonds. The molecule has 0 unspecified atom stereocenters. The fourth-order valence-electron chi connectivity index (χ4n) is 3.48. The van der Waals surface area contributed by atoms with Crippen LogP contribution in [0.1, 0.15) is 25.8 Å². The van der Waals surface area contributed by atoms with Crippen LogP contribution in [-0.4, -0.2) is 31.5 Å². The number of fused-ring (bicyclic) bond motifs is 3. The number of aromatic nitrogens is 4. The molecule has 2 heterocycles. The summed E-state index contributed by atoms with van der Waals surface area (Å²) in [5, 5.41) is 4.91. The van der Waals surface area contributed by atoms with Gasteiger partial charge in [-0.15, -0.1) is 5.10 Å². The third-order valence-corrected chi connectivity index (χ3v) is 4.91.